The van der Waals surface area contributed by atoms with Crippen molar-refractivity contribution in [2.45, 2.75) is 35.8 Å². The number of hydrogen-bond donors (Lipinski definition) is 2. The molecule has 2 atom stereocenters. The number of amides is 2. The van der Waals surface area contributed by atoms with Crippen molar-refractivity contribution < 1.29 is 23.3 Å². The summed E-state index contributed by atoms with van der Waals surface area (Å²) in [7, 11) is -1.43. The molecular formula is C30H28N2O5S. The molecule has 0 aliphatic carbocycles. The molecule has 0 radical (unpaired) electrons. The zero-order valence-corrected chi connectivity index (χ0v) is 21.8. The van der Waals surface area contributed by atoms with Crippen molar-refractivity contribution in [3.8, 4) is 11.5 Å². The molecule has 0 aromatic heterocycles. The van der Waals surface area contributed by atoms with Gasteiger partial charge in [0.05, 0.1) is 10.8 Å². The van der Waals surface area contributed by atoms with Gasteiger partial charge in [-0.25, -0.2) is 4.21 Å². The molecule has 4 aromatic rings. The standard InChI is InChI=1S/C30H28N2O5S/c1-21(36-25-9-5-3-6-10-25)29(33)31-23-13-17-27(18-14-23)38(35)28-19-15-24(16-20-28)32-30(34)22(2)37-26-11-7-4-8-12-26/h3-22H,1-2H3,(H,31,33)(H,32,34)/t21-,22-/m0/s1. The van der Waals surface area contributed by atoms with E-state index in [1.165, 1.54) is 0 Å². The average molecular weight is 529 g/mol. The fraction of sp³-hybridized carbons (Fsp3) is 0.133. The maximum Gasteiger partial charge on any atom is 0.265 e. The molecular weight excluding hydrogens is 500 g/mol. The van der Waals surface area contributed by atoms with Gasteiger partial charge in [0, 0.05) is 21.2 Å². The Balaban J connectivity index is 1.30. The van der Waals surface area contributed by atoms with Gasteiger partial charge in [0.15, 0.2) is 12.2 Å². The second-order valence-corrected chi connectivity index (χ2v) is 9.92. The Labute approximate surface area is 224 Å². The molecule has 0 fully saturated rings. The molecule has 2 N–H and O–H groups in total. The summed E-state index contributed by atoms with van der Waals surface area (Å²) in [6.45, 7) is 3.35. The van der Waals surface area contributed by atoms with E-state index in [1.54, 1.807) is 86.6 Å². The third-order valence-electron chi connectivity index (χ3n) is 5.52. The predicted molar refractivity (Wildman–Crippen MR) is 148 cm³/mol. The minimum atomic E-state index is -1.43. The Kier molecular flexibility index (Phi) is 8.89. The van der Waals surface area contributed by atoms with E-state index in [9.17, 15) is 13.8 Å². The fourth-order valence-electron chi connectivity index (χ4n) is 3.46. The number of carbonyl (C=O) groups is 2. The summed E-state index contributed by atoms with van der Waals surface area (Å²) in [5, 5.41) is 5.61. The highest BCUT2D eigenvalue weighted by molar-refractivity contribution is 7.85. The summed E-state index contributed by atoms with van der Waals surface area (Å²) >= 11 is 0. The van der Waals surface area contributed by atoms with Gasteiger partial charge < -0.3 is 20.1 Å². The van der Waals surface area contributed by atoms with Gasteiger partial charge in [-0.1, -0.05) is 36.4 Å². The topological polar surface area (TPSA) is 93.7 Å². The van der Waals surface area contributed by atoms with Gasteiger partial charge in [0.2, 0.25) is 0 Å². The van der Waals surface area contributed by atoms with Crippen molar-refractivity contribution >= 4 is 34.0 Å². The van der Waals surface area contributed by atoms with E-state index >= 15 is 0 Å². The Morgan fingerprint density at radius 2 is 0.921 bits per heavy atom. The van der Waals surface area contributed by atoms with Gasteiger partial charge in [-0.05, 0) is 86.6 Å². The molecule has 4 rings (SSSR count). The van der Waals surface area contributed by atoms with Crippen LogP contribution < -0.4 is 20.1 Å². The Morgan fingerprint density at radius 3 is 1.26 bits per heavy atom. The van der Waals surface area contributed by atoms with Crippen molar-refractivity contribution in [3.05, 3.63) is 109 Å². The Hall–Kier alpha value is -4.43. The SMILES string of the molecule is C[C@H](Oc1ccccc1)C(=O)Nc1ccc(S(=O)c2ccc(NC(=O)[C@H](C)Oc3ccccc3)cc2)cc1. The van der Waals surface area contributed by atoms with Gasteiger partial charge in [-0.2, -0.15) is 0 Å². The van der Waals surface area contributed by atoms with Gasteiger partial charge in [-0.3, -0.25) is 9.59 Å². The zero-order chi connectivity index (χ0) is 26.9. The maximum absolute atomic E-state index is 13.0. The van der Waals surface area contributed by atoms with Crippen LogP contribution in [0.1, 0.15) is 13.8 Å². The molecule has 0 saturated heterocycles. The van der Waals surface area contributed by atoms with Gasteiger partial charge in [0.25, 0.3) is 11.8 Å². The molecule has 7 nitrogen and oxygen atoms in total. The molecule has 0 aliphatic heterocycles. The molecule has 38 heavy (non-hydrogen) atoms. The Bertz CT molecular complexity index is 1270. The lowest BCUT2D eigenvalue weighted by molar-refractivity contribution is -0.122. The first-order chi connectivity index (χ1) is 18.4. The Morgan fingerprint density at radius 1 is 0.579 bits per heavy atom. The highest BCUT2D eigenvalue weighted by Crippen LogP contribution is 2.21. The monoisotopic (exact) mass is 528 g/mol. The van der Waals surface area contributed by atoms with Crippen LogP contribution in [0.5, 0.6) is 11.5 Å². The summed E-state index contributed by atoms with van der Waals surface area (Å²) < 4.78 is 24.3. The van der Waals surface area contributed by atoms with Crippen LogP contribution in [0.4, 0.5) is 11.4 Å². The van der Waals surface area contributed by atoms with Gasteiger partial charge in [0.1, 0.15) is 11.5 Å². The van der Waals surface area contributed by atoms with E-state index in [2.05, 4.69) is 10.6 Å². The summed E-state index contributed by atoms with van der Waals surface area (Å²) in [5.74, 6) is 0.649. The number of benzene rings is 4. The number of hydrogen-bond acceptors (Lipinski definition) is 5. The minimum Gasteiger partial charge on any atom is -0.481 e. The first kappa shape index (κ1) is 26.6. The molecule has 0 bridgehead atoms. The molecule has 194 valence electrons. The lowest BCUT2D eigenvalue weighted by Crippen LogP contribution is -2.30. The summed E-state index contributed by atoms with van der Waals surface area (Å²) in [4.78, 5) is 26.1. The molecule has 8 heteroatoms. The van der Waals surface area contributed by atoms with Crippen LogP contribution >= 0.6 is 0 Å². The van der Waals surface area contributed by atoms with Crippen molar-refractivity contribution in [1.82, 2.24) is 0 Å². The van der Waals surface area contributed by atoms with Gasteiger partial charge >= 0.3 is 0 Å². The third kappa shape index (κ3) is 7.30. The smallest absolute Gasteiger partial charge is 0.265 e. The first-order valence-corrected chi connectivity index (χ1v) is 13.2. The van der Waals surface area contributed by atoms with E-state index in [0.717, 1.165) is 0 Å². The minimum absolute atomic E-state index is 0.288. The number of nitrogens with one attached hydrogen (secondary N) is 2. The molecule has 4 aromatic carbocycles. The van der Waals surface area contributed by atoms with E-state index in [1.807, 2.05) is 36.4 Å². The van der Waals surface area contributed by atoms with Crippen molar-refractivity contribution in [3.63, 3.8) is 0 Å². The second kappa shape index (κ2) is 12.7. The van der Waals surface area contributed by atoms with Crippen LogP contribution in [0.2, 0.25) is 0 Å². The van der Waals surface area contributed by atoms with Crippen LogP contribution in [-0.4, -0.2) is 28.2 Å². The zero-order valence-electron chi connectivity index (χ0n) is 21.0. The lowest BCUT2D eigenvalue weighted by atomic mass is 10.3. The second-order valence-electron chi connectivity index (χ2n) is 8.44. The van der Waals surface area contributed by atoms with Crippen molar-refractivity contribution in [2.75, 3.05) is 10.6 Å². The van der Waals surface area contributed by atoms with Gasteiger partial charge in [-0.15, -0.1) is 0 Å². The molecule has 2 amide bonds. The summed E-state index contributed by atoms with van der Waals surface area (Å²) in [5.41, 5.74) is 1.15. The molecule has 0 saturated carbocycles. The van der Waals surface area contributed by atoms with Crippen molar-refractivity contribution in [2.24, 2.45) is 0 Å². The van der Waals surface area contributed by atoms with E-state index < -0.39 is 23.0 Å². The molecule has 0 spiro atoms. The maximum atomic E-state index is 13.0. The fourth-order valence-corrected chi connectivity index (χ4v) is 4.50. The number of para-hydroxylation sites is 2. The van der Waals surface area contributed by atoms with Crippen LogP contribution in [0.25, 0.3) is 0 Å². The number of anilines is 2. The summed E-state index contributed by atoms with van der Waals surface area (Å²) in [6, 6.07) is 31.8. The van der Waals surface area contributed by atoms with E-state index in [4.69, 9.17) is 9.47 Å². The number of ether oxygens (including phenoxy) is 2. The first-order valence-electron chi connectivity index (χ1n) is 12.1. The summed E-state index contributed by atoms with van der Waals surface area (Å²) in [6.07, 6.45) is -1.36. The lowest BCUT2D eigenvalue weighted by Gasteiger charge is -2.15. The normalized spacial score (nSPS) is 12.3. The molecule has 0 unspecified atom stereocenters. The largest absolute Gasteiger partial charge is 0.481 e. The van der Waals surface area contributed by atoms with Crippen LogP contribution in [0.15, 0.2) is 119 Å². The predicted octanol–water partition coefficient (Wildman–Crippen LogP) is 5.67. The van der Waals surface area contributed by atoms with Crippen LogP contribution in [0.3, 0.4) is 0 Å². The number of carbonyl (C=O) groups excluding carboxylic acids is 2. The average Bonchev–Trinajstić information content (AvgIpc) is 2.94. The quantitative estimate of drug-likeness (QED) is 0.277. The van der Waals surface area contributed by atoms with Crippen LogP contribution in [0, 0.1) is 0 Å². The molecule has 0 heterocycles. The van der Waals surface area contributed by atoms with Crippen molar-refractivity contribution in [1.29, 1.82) is 0 Å². The molecule has 0 aliphatic rings. The number of rotatable bonds is 10. The highest BCUT2D eigenvalue weighted by Gasteiger charge is 2.17. The van der Waals surface area contributed by atoms with E-state index in [-0.39, 0.29) is 11.8 Å². The third-order valence-corrected chi connectivity index (χ3v) is 6.92. The van der Waals surface area contributed by atoms with Crippen LogP contribution in [-0.2, 0) is 20.4 Å². The highest BCUT2D eigenvalue weighted by atomic mass is 32.2. The van der Waals surface area contributed by atoms with E-state index in [0.29, 0.717) is 32.7 Å².